The second-order valence-electron chi connectivity index (χ2n) is 12.0. The van der Waals surface area contributed by atoms with E-state index >= 15 is 0 Å². The van der Waals surface area contributed by atoms with Crippen LogP contribution in [0.5, 0.6) is 0 Å². The number of esters is 2. The Morgan fingerprint density at radius 3 is 2.26 bits per heavy atom. The summed E-state index contributed by atoms with van der Waals surface area (Å²) in [5.41, 5.74) is -0.818. The number of benzene rings is 1. The van der Waals surface area contributed by atoms with Crippen molar-refractivity contribution in [1.29, 1.82) is 0 Å². The predicted octanol–water partition coefficient (Wildman–Crippen LogP) is 4.69. The Morgan fingerprint density at radius 2 is 1.68 bits per heavy atom. The summed E-state index contributed by atoms with van der Waals surface area (Å²) in [6.07, 6.45) is 4.29. The van der Waals surface area contributed by atoms with Crippen molar-refractivity contribution in [1.82, 2.24) is 0 Å². The summed E-state index contributed by atoms with van der Waals surface area (Å²) in [4.78, 5) is 26.3. The highest BCUT2D eigenvalue weighted by atomic mass is 16.7. The molecule has 6 heteroatoms. The summed E-state index contributed by atoms with van der Waals surface area (Å²) in [5.74, 6) is -1.85. The molecule has 3 saturated carbocycles. The molecule has 0 N–H and O–H groups in total. The zero-order valence-corrected chi connectivity index (χ0v) is 21.3. The molecular weight excluding hydrogens is 432 g/mol. The van der Waals surface area contributed by atoms with Crippen LogP contribution in [0.25, 0.3) is 0 Å². The molecule has 6 nitrogen and oxygen atoms in total. The monoisotopic (exact) mass is 470 g/mol. The average Bonchev–Trinajstić information content (AvgIpc) is 3.33. The average molecular weight is 471 g/mol. The van der Waals surface area contributed by atoms with Gasteiger partial charge in [0.25, 0.3) is 0 Å². The first-order chi connectivity index (χ1) is 16.0. The summed E-state index contributed by atoms with van der Waals surface area (Å²) in [6, 6.07) is 10.1. The van der Waals surface area contributed by atoms with Gasteiger partial charge in [0.05, 0.1) is 25.9 Å². The van der Waals surface area contributed by atoms with Gasteiger partial charge in [-0.3, -0.25) is 9.59 Å². The minimum Gasteiger partial charge on any atom is -0.468 e. The molecule has 5 atom stereocenters. The number of carbonyl (C=O) groups excluding carboxylic acids is 2. The fraction of sp³-hybridized carbons (Fsp3) is 0.714. The normalized spacial score (nSPS) is 38.5. The smallest absolute Gasteiger partial charge is 0.323 e. The largest absolute Gasteiger partial charge is 0.468 e. The van der Waals surface area contributed by atoms with Gasteiger partial charge in [-0.15, -0.1) is 0 Å². The van der Waals surface area contributed by atoms with Crippen LogP contribution in [-0.4, -0.2) is 43.7 Å². The lowest BCUT2D eigenvalue weighted by Crippen LogP contribution is -2.67. The van der Waals surface area contributed by atoms with Crippen LogP contribution < -0.4 is 0 Å². The first-order valence-corrected chi connectivity index (χ1v) is 12.6. The van der Waals surface area contributed by atoms with Gasteiger partial charge in [-0.2, -0.15) is 0 Å². The van der Waals surface area contributed by atoms with E-state index in [1.807, 2.05) is 18.2 Å². The third kappa shape index (κ3) is 2.87. The molecule has 2 bridgehead atoms. The molecule has 1 aromatic carbocycles. The number of rotatable bonds is 4. The van der Waals surface area contributed by atoms with Crippen LogP contribution in [0.15, 0.2) is 30.3 Å². The molecule has 2 spiro atoms. The summed E-state index contributed by atoms with van der Waals surface area (Å²) < 4.78 is 24.5. The van der Waals surface area contributed by atoms with Gasteiger partial charge in [0.15, 0.2) is 11.2 Å². The zero-order valence-electron chi connectivity index (χ0n) is 21.3. The van der Waals surface area contributed by atoms with Crippen LogP contribution >= 0.6 is 0 Å². The van der Waals surface area contributed by atoms with Gasteiger partial charge >= 0.3 is 11.9 Å². The highest BCUT2D eigenvalue weighted by molar-refractivity contribution is 6.00. The number of methoxy groups -OCH3 is 2. The Morgan fingerprint density at radius 1 is 1.03 bits per heavy atom. The molecule has 1 aliphatic heterocycles. The van der Waals surface area contributed by atoms with Gasteiger partial charge in [0.1, 0.15) is 0 Å². The highest BCUT2D eigenvalue weighted by Crippen LogP contribution is 2.75. The van der Waals surface area contributed by atoms with E-state index in [1.165, 1.54) is 20.6 Å². The van der Waals surface area contributed by atoms with Crippen LogP contribution in [-0.2, 0) is 35.0 Å². The lowest BCUT2D eigenvalue weighted by atomic mass is 9.58. The molecule has 1 saturated heterocycles. The predicted molar refractivity (Wildman–Crippen MR) is 126 cm³/mol. The van der Waals surface area contributed by atoms with Gasteiger partial charge in [-0.1, -0.05) is 44.2 Å². The van der Waals surface area contributed by atoms with E-state index in [0.29, 0.717) is 12.3 Å². The van der Waals surface area contributed by atoms with Crippen LogP contribution in [0.1, 0.15) is 65.4 Å². The summed E-state index contributed by atoms with van der Waals surface area (Å²) in [7, 11) is 2.65. The third-order valence-electron chi connectivity index (χ3n) is 10.2. The Kier molecular flexibility index (Phi) is 5.28. The van der Waals surface area contributed by atoms with Gasteiger partial charge in [-0.25, -0.2) is 0 Å². The minimum absolute atomic E-state index is 0.0226. The number of carbonyl (C=O) groups is 2. The topological polar surface area (TPSA) is 71.1 Å². The van der Waals surface area contributed by atoms with Crippen molar-refractivity contribution >= 4 is 11.9 Å². The molecule has 186 valence electrons. The molecule has 0 radical (unpaired) electrons. The quantitative estimate of drug-likeness (QED) is 0.470. The minimum atomic E-state index is -1.45. The molecule has 0 aromatic heterocycles. The Hall–Kier alpha value is -1.92. The maximum atomic E-state index is 13.1. The van der Waals surface area contributed by atoms with E-state index in [1.54, 1.807) is 0 Å². The van der Waals surface area contributed by atoms with Crippen molar-refractivity contribution in [2.45, 2.75) is 83.7 Å². The van der Waals surface area contributed by atoms with E-state index in [2.05, 4.69) is 39.8 Å². The molecular formula is C28H38O6. The Labute approximate surface area is 202 Å². The maximum absolute atomic E-state index is 13.1. The van der Waals surface area contributed by atoms with Crippen molar-refractivity contribution < 1.29 is 28.5 Å². The molecule has 4 fully saturated rings. The molecule has 0 unspecified atom stereocenters. The van der Waals surface area contributed by atoms with Crippen LogP contribution in [0, 0.1) is 28.1 Å². The Bertz CT molecular complexity index is 968. The van der Waals surface area contributed by atoms with Crippen molar-refractivity contribution in [3.63, 3.8) is 0 Å². The molecule has 0 amide bonds. The number of ether oxygens (including phenoxy) is 4. The lowest BCUT2D eigenvalue weighted by Gasteiger charge is -2.61. The first-order valence-electron chi connectivity index (χ1n) is 12.6. The van der Waals surface area contributed by atoms with E-state index in [0.717, 1.165) is 18.4 Å². The number of hydrogen-bond acceptors (Lipinski definition) is 6. The van der Waals surface area contributed by atoms with E-state index in [4.69, 9.17) is 18.9 Å². The van der Waals surface area contributed by atoms with Crippen molar-refractivity contribution in [3.8, 4) is 0 Å². The molecule has 34 heavy (non-hydrogen) atoms. The van der Waals surface area contributed by atoms with Crippen LogP contribution in [0.3, 0.4) is 0 Å². The molecule has 1 aromatic rings. The van der Waals surface area contributed by atoms with Crippen LogP contribution in [0.4, 0.5) is 0 Å². The third-order valence-corrected chi connectivity index (χ3v) is 10.2. The highest BCUT2D eigenvalue weighted by Gasteiger charge is 2.77. The van der Waals surface area contributed by atoms with Crippen molar-refractivity contribution in [3.05, 3.63) is 35.9 Å². The van der Waals surface area contributed by atoms with Gasteiger partial charge < -0.3 is 18.9 Å². The van der Waals surface area contributed by atoms with Crippen molar-refractivity contribution in [2.75, 3.05) is 14.2 Å². The van der Waals surface area contributed by atoms with Gasteiger partial charge in [-0.05, 0) is 62.8 Å². The molecule has 3 aliphatic carbocycles. The Balaban J connectivity index is 1.60. The van der Waals surface area contributed by atoms with E-state index in [-0.39, 0.29) is 35.7 Å². The number of fused-ring (bicyclic) bond motifs is 1. The van der Waals surface area contributed by atoms with Gasteiger partial charge in [0, 0.05) is 17.8 Å². The standard InChI is InChI=1S/C28H38O6/c1-24(2)19-12-13-27(24)21(15-19)33-28(34-25(27,3)4)17-26(22(29)31-5,23(30)32-6)16-20(28)14-18-10-8-7-9-11-18/h7-11,19-21H,12-17H2,1-6H3/t19-,20-,21-,27-,28-/m0/s1. The molecule has 5 rings (SSSR count). The number of hydrogen-bond donors (Lipinski definition) is 0. The summed E-state index contributed by atoms with van der Waals surface area (Å²) in [5, 5.41) is 0. The first kappa shape index (κ1) is 23.8. The lowest BCUT2D eigenvalue weighted by molar-refractivity contribution is -0.407. The second kappa shape index (κ2) is 7.54. The molecule has 4 aliphatic rings. The SMILES string of the molecule is COC(=O)C1(C(=O)OC)C[C@H](Cc2ccccc2)[C@@]2(C1)O[C@H]1C[C@@H]3CC[C@@]1(C(C)(C)O2)C3(C)C. The summed E-state index contributed by atoms with van der Waals surface area (Å²) >= 11 is 0. The fourth-order valence-electron chi connectivity index (χ4n) is 8.68. The van der Waals surface area contributed by atoms with Crippen LogP contribution in [0.2, 0.25) is 0 Å². The second-order valence-corrected chi connectivity index (χ2v) is 12.0. The van der Waals surface area contributed by atoms with Crippen molar-refractivity contribution in [2.24, 2.45) is 28.1 Å². The summed E-state index contributed by atoms with van der Waals surface area (Å²) in [6.45, 7) is 9.10. The molecule has 1 heterocycles. The van der Waals surface area contributed by atoms with Gasteiger partial charge in [0.2, 0.25) is 0 Å². The van der Waals surface area contributed by atoms with E-state index < -0.39 is 28.7 Å². The van der Waals surface area contributed by atoms with E-state index in [9.17, 15) is 9.59 Å². The maximum Gasteiger partial charge on any atom is 0.323 e. The fourth-order valence-corrected chi connectivity index (χ4v) is 8.68. The zero-order chi connectivity index (χ0) is 24.6.